The molecule has 0 aromatic rings. The van der Waals surface area contributed by atoms with Gasteiger partial charge in [-0.2, -0.15) is 0 Å². The highest BCUT2D eigenvalue weighted by Crippen LogP contribution is 2.17. The molecule has 0 radical (unpaired) electrons. The molecule has 0 aromatic carbocycles. The normalized spacial score (nSPS) is 13.0. The molecule has 0 saturated heterocycles. The Labute approximate surface area is 414 Å². The summed E-state index contributed by atoms with van der Waals surface area (Å²) in [5.41, 5.74) is 0. The van der Waals surface area contributed by atoms with Gasteiger partial charge in [-0.05, 0) is 64.2 Å². The summed E-state index contributed by atoms with van der Waals surface area (Å²) in [4.78, 5) is 37.1. The number of nitrogens with zero attached hydrogens (tertiary/aromatic N) is 1. The van der Waals surface area contributed by atoms with Crippen LogP contribution in [0.4, 0.5) is 0 Å². The zero-order valence-electron chi connectivity index (χ0n) is 44.8. The SMILES string of the molecule is CC/C=C/C/C=C/CCCCCCCCCCCCCCCCC(=O)OCC(COCCC(C(=O)[O-])[N+](C)(C)C)OC(=O)CCCCCCCCC/C=C/CCCCCCCCCCCCC. The zero-order valence-corrected chi connectivity index (χ0v) is 44.8. The van der Waals surface area contributed by atoms with Crippen molar-refractivity contribution in [1.29, 1.82) is 0 Å². The second kappa shape index (κ2) is 50.0. The van der Waals surface area contributed by atoms with Crippen molar-refractivity contribution >= 4 is 17.9 Å². The van der Waals surface area contributed by atoms with Crippen molar-refractivity contribution in [3.63, 3.8) is 0 Å². The molecule has 0 aliphatic carbocycles. The van der Waals surface area contributed by atoms with Gasteiger partial charge in [-0.15, -0.1) is 0 Å². The van der Waals surface area contributed by atoms with E-state index < -0.39 is 18.1 Å². The van der Waals surface area contributed by atoms with E-state index in [1.54, 1.807) is 0 Å². The van der Waals surface area contributed by atoms with Crippen LogP contribution in [0.1, 0.15) is 271 Å². The summed E-state index contributed by atoms with van der Waals surface area (Å²) in [6.07, 6.45) is 60.4. The van der Waals surface area contributed by atoms with Crippen molar-refractivity contribution in [1.82, 2.24) is 0 Å². The second-order valence-corrected chi connectivity index (χ2v) is 20.5. The highest BCUT2D eigenvalue weighted by molar-refractivity contribution is 5.70. The predicted octanol–water partition coefficient (Wildman–Crippen LogP) is 15.6. The van der Waals surface area contributed by atoms with Gasteiger partial charge in [0, 0.05) is 19.3 Å². The number of carboxylic acids is 1. The Bertz CT molecular complexity index is 1190. The summed E-state index contributed by atoms with van der Waals surface area (Å²) in [7, 11) is 5.43. The van der Waals surface area contributed by atoms with Crippen LogP contribution < -0.4 is 5.11 Å². The number of likely N-dealkylation sites (N-methyl/N-ethyl adjacent to an activating group) is 1. The fourth-order valence-corrected chi connectivity index (χ4v) is 8.64. The zero-order chi connectivity index (χ0) is 49.2. The van der Waals surface area contributed by atoms with E-state index in [2.05, 4.69) is 50.3 Å². The van der Waals surface area contributed by atoms with Gasteiger partial charge in [-0.1, -0.05) is 224 Å². The van der Waals surface area contributed by atoms with Crippen LogP contribution in [0.3, 0.4) is 0 Å². The number of carbonyl (C=O) groups is 3. The summed E-state index contributed by atoms with van der Waals surface area (Å²) in [6.45, 7) is 4.61. The second-order valence-electron chi connectivity index (χ2n) is 20.5. The smallest absolute Gasteiger partial charge is 0.306 e. The first-order valence-electron chi connectivity index (χ1n) is 28.5. The molecule has 0 aliphatic rings. The molecule has 0 aromatic heterocycles. The van der Waals surface area contributed by atoms with E-state index in [4.69, 9.17) is 14.2 Å². The molecule has 0 aliphatic heterocycles. The minimum absolute atomic E-state index is 0.0420. The average Bonchev–Trinajstić information content (AvgIpc) is 3.29. The highest BCUT2D eigenvalue weighted by atomic mass is 16.6. The fraction of sp³-hybridized carbons (Fsp3) is 0.847. The lowest BCUT2D eigenvalue weighted by Crippen LogP contribution is -2.55. The molecular weight excluding hydrogens is 835 g/mol. The van der Waals surface area contributed by atoms with Crippen molar-refractivity contribution in [3.05, 3.63) is 36.5 Å². The van der Waals surface area contributed by atoms with Gasteiger partial charge in [0.25, 0.3) is 0 Å². The molecule has 0 rings (SSSR count). The number of hydrogen-bond acceptors (Lipinski definition) is 7. The number of ether oxygens (including phenoxy) is 3. The summed E-state index contributed by atoms with van der Waals surface area (Å²) in [5, 5.41) is 11.7. The van der Waals surface area contributed by atoms with Crippen LogP contribution in [0.15, 0.2) is 36.5 Å². The predicted molar refractivity (Wildman–Crippen MR) is 282 cm³/mol. The maximum atomic E-state index is 12.8. The van der Waals surface area contributed by atoms with Crippen LogP contribution in [0.2, 0.25) is 0 Å². The van der Waals surface area contributed by atoms with Crippen molar-refractivity contribution < 1.29 is 38.2 Å². The Kier molecular flexibility index (Phi) is 48.1. The van der Waals surface area contributed by atoms with Crippen LogP contribution in [-0.2, 0) is 28.6 Å². The molecule has 0 fully saturated rings. The standard InChI is InChI=1S/C59H109NO7/c1-6-8-10-12-14-16-18-20-22-24-26-28-30-32-34-36-38-40-42-44-46-48-50-58(62)67-55(53-65-52-51-56(59(63)64)60(3,4)5)54-66-57(61)49-47-45-43-41-39-37-35-33-31-29-27-25-23-21-19-17-15-13-11-9-7-2/h9,11,15,17,30,32,55-56H,6-8,10,12-14,16,18-29,31,33-54H2,1-5H3/b11-9+,17-15+,32-30+. The first kappa shape index (κ1) is 64.5. The lowest BCUT2D eigenvalue weighted by atomic mass is 10.0. The molecule has 0 heterocycles. The number of unbranched alkanes of at least 4 members (excludes halogenated alkanes) is 32. The molecule has 392 valence electrons. The third kappa shape index (κ3) is 48.4. The number of carboxylic acid groups (broad SMARTS) is 1. The summed E-state index contributed by atoms with van der Waals surface area (Å²) >= 11 is 0. The lowest BCUT2D eigenvalue weighted by Gasteiger charge is -2.34. The molecule has 8 heteroatoms. The summed E-state index contributed by atoms with van der Waals surface area (Å²) in [6, 6.07) is -0.726. The minimum Gasteiger partial charge on any atom is -0.544 e. The monoisotopic (exact) mass is 944 g/mol. The molecule has 0 saturated carbocycles. The van der Waals surface area contributed by atoms with Crippen LogP contribution in [0, 0.1) is 0 Å². The number of aliphatic carboxylic acids is 1. The van der Waals surface area contributed by atoms with Crippen LogP contribution in [0.5, 0.6) is 0 Å². The molecule has 2 atom stereocenters. The van der Waals surface area contributed by atoms with Gasteiger partial charge in [-0.3, -0.25) is 9.59 Å². The fourth-order valence-electron chi connectivity index (χ4n) is 8.64. The highest BCUT2D eigenvalue weighted by Gasteiger charge is 2.25. The van der Waals surface area contributed by atoms with E-state index in [-0.39, 0.29) is 42.7 Å². The third-order valence-electron chi connectivity index (χ3n) is 13.0. The largest absolute Gasteiger partial charge is 0.544 e. The Balaban J connectivity index is 4.15. The van der Waals surface area contributed by atoms with Gasteiger partial charge < -0.3 is 28.6 Å². The quantitative estimate of drug-likeness (QED) is 0.0259. The maximum Gasteiger partial charge on any atom is 0.306 e. The van der Waals surface area contributed by atoms with Gasteiger partial charge in [0.15, 0.2) is 6.10 Å². The van der Waals surface area contributed by atoms with E-state index in [1.807, 2.05) is 21.1 Å². The first-order chi connectivity index (χ1) is 32.6. The topological polar surface area (TPSA) is 102 Å². The van der Waals surface area contributed by atoms with Crippen LogP contribution in [0.25, 0.3) is 0 Å². The number of allylic oxidation sites excluding steroid dienone is 6. The van der Waals surface area contributed by atoms with E-state index in [9.17, 15) is 19.5 Å². The van der Waals surface area contributed by atoms with Gasteiger partial charge in [0.1, 0.15) is 12.6 Å². The number of quaternary nitrogens is 1. The van der Waals surface area contributed by atoms with Gasteiger partial charge in [0.2, 0.25) is 0 Å². The van der Waals surface area contributed by atoms with E-state index in [0.29, 0.717) is 12.8 Å². The average molecular weight is 945 g/mol. The van der Waals surface area contributed by atoms with Crippen molar-refractivity contribution in [3.8, 4) is 0 Å². The molecule has 67 heavy (non-hydrogen) atoms. The summed E-state index contributed by atoms with van der Waals surface area (Å²) in [5.74, 6) is -1.72. The molecular formula is C59H109NO7. The maximum absolute atomic E-state index is 12.8. The van der Waals surface area contributed by atoms with Crippen LogP contribution in [-0.4, -0.2) is 75.5 Å². The third-order valence-corrected chi connectivity index (χ3v) is 13.0. The molecule has 2 unspecified atom stereocenters. The number of rotatable bonds is 52. The molecule has 0 N–H and O–H groups in total. The van der Waals surface area contributed by atoms with Crippen molar-refractivity contribution in [2.75, 3.05) is 41.0 Å². The number of esters is 2. The molecule has 8 nitrogen and oxygen atoms in total. The Morgan fingerprint density at radius 1 is 0.463 bits per heavy atom. The Morgan fingerprint density at radius 3 is 1.24 bits per heavy atom. The number of carbonyl (C=O) groups excluding carboxylic acids is 3. The Hall–Kier alpha value is -2.45. The van der Waals surface area contributed by atoms with Crippen molar-refractivity contribution in [2.45, 2.75) is 283 Å². The first-order valence-corrected chi connectivity index (χ1v) is 28.5. The molecule has 0 amide bonds. The Morgan fingerprint density at radius 2 is 0.836 bits per heavy atom. The molecule has 0 spiro atoms. The summed E-state index contributed by atoms with van der Waals surface area (Å²) < 4.78 is 17.3. The van der Waals surface area contributed by atoms with E-state index in [1.165, 1.54) is 186 Å². The minimum atomic E-state index is -1.12. The van der Waals surface area contributed by atoms with Gasteiger partial charge in [0.05, 0.1) is 40.3 Å². The van der Waals surface area contributed by atoms with Gasteiger partial charge >= 0.3 is 11.9 Å². The lowest BCUT2D eigenvalue weighted by molar-refractivity contribution is -0.889. The number of hydrogen-bond donors (Lipinski definition) is 0. The van der Waals surface area contributed by atoms with Crippen LogP contribution >= 0.6 is 0 Å². The van der Waals surface area contributed by atoms with E-state index in [0.717, 1.165) is 51.4 Å². The molecule has 0 bridgehead atoms. The van der Waals surface area contributed by atoms with Crippen molar-refractivity contribution in [2.24, 2.45) is 0 Å². The van der Waals surface area contributed by atoms with E-state index >= 15 is 0 Å². The van der Waals surface area contributed by atoms with Gasteiger partial charge in [-0.25, -0.2) is 0 Å².